The number of nitrogens with zero attached hydrogens (tertiary/aromatic N) is 1. The van der Waals surface area contributed by atoms with Gasteiger partial charge in [-0.3, -0.25) is 4.79 Å². The zero-order chi connectivity index (χ0) is 26.5. The van der Waals surface area contributed by atoms with Gasteiger partial charge in [-0.25, -0.2) is 4.79 Å². The number of amides is 1. The monoisotopic (exact) mass is 531 g/mol. The third-order valence-electron chi connectivity index (χ3n) is 7.26. The second kappa shape index (κ2) is 11.9. The molecule has 198 valence electrons. The lowest BCUT2D eigenvalue weighted by molar-refractivity contribution is 0.0359. The molecule has 2 fully saturated rings. The molecule has 7 heteroatoms. The van der Waals surface area contributed by atoms with E-state index in [4.69, 9.17) is 14.2 Å². The van der Waals surface area contributed by atoms with Crippen LogP contribution in [0.4, 0.5) is 0 Å². The predicted molar refractivity (Wildman–Crippen MR) is 148 cm³/mol. The van der Waals surface area contributed by atoms with E-state index in [9.17, 15) is 9.59 Å². The maximum absolute atomic E-state index is 13.5. The Hall–Kier alpha value is -3.45. The number of para-hydroxylation sites is 1. The first-order chi connectivity index (χ1) is 18.6. The summed E-state index contributed by atoms with van der Waals surface area (Å²) in [5.74, 6) is 2.21. The topological polar surface area (TPSA) is 65.1 Å². The van der Waals surface area contributed by atoms with Gasteiger partial charge in [-0.15, -0.1) is 11.8 Å². The fraction of sp³-hybridized carbons (Fsp3) is 0.355. The fourth-order valence-corrected chi connectivity index (χ4v) is 6.41. The number of benzene rings is 3. The van der Waals surface area contributed by atoms with Gasteiger partial charge in [0.05, 0.1) is 19.3 Å². The van der Waals surface area contributed by atoms with E-state index in [0.717, 1.165) is 53.4 Å². The number of methoxy groups -OCH3 is 1. The van der Waals surface area contributed by atoms with Crippen molar-refractivity contribution in [3.8, 4) is 11.5 Å². The number of esters is 1. The van der Waals surface area contributed by atoms with Crippen LogP contribution in [0.5, 0.6) is 11.5 Å². The Labute approximate surface area is 228 Å². The number of hydrogen-bond donors (Lipinski definition) is 0. The molecule has 38 heavy (non-hydrogen) atoms. The van der Waals surface area contributed by atoms with E-state index in [1.54, 1.807) is 37.9 Å². The average Bonchev–Trinajstić information content (AvgIpc) is 3.22. The van der Waals surface area contributed by atoms with Gasteiger partial charge in [0.15, 0.2) is 0 Å². The second-order valence-corrected chi connectivity index (χ2v) is 10.7. The summed E-state index contributed by atoms with van der Waals surface area (Å²) < 4.78 is 16.7. The summed E-state index contributed by atoms with van der Waals surface area (Å²) in [6.45, 7) is 2.14. The maximum atomic E-state index is 13.5. The van der Waals surface area contributed by atoms with Gasteiger partial charge in [0.25, 0.3) is 5.91 Å². The smallest absolute Gasteiger partial charge is 0.338 e. The molecule has 2 heterocycles. The minimum absolute atomic E-state index is 0.0550. The molecule has 3 aromatic carbocycles. The van der Waals surface area contributed by atoms with Crippen molar-refractivity contribution in [1.29, 1.82) is 0 Å². The summed E-state index contributed by atoms with van der Waals surface area (Å²) in [6, 6.07) is 23.5. The van der Waals surface area contributed by atoms with E-state index in [-0.39, 0.29) is 30.1 Å². The van der Waals surface area contributed by atoms with Crippen LogP contribution in [0.25, 0.3) is 0 Å². The normalized spacial score (nSPS) is 20.2. The van der Waals surface area contributed by atoms with Crippen LogP contribution in [0.15, 0.2) is 77.7 Å². The van der Waals surface area contributed by atoms with E-state index in [1.807, 2.05) is 54.6 Å². The molecule has 2 atom stereocenters. The Kier molecular flexibility index (Phi) is 8.23. The summed E-state index contributed by atoms with van der Waals surface area (Å²) in [7, 11) is 1.69. The SMILES string of the molecule is CCOC(=O)c1ccc(OC2CC3CCC(C2)N3C(=O)c2ccc(CSc3ccccc3OC)cc2)cc1. The van der Waals surface area contributed by atoms with Crippen LogP contribution in [-0.2, 0) is 10.5 Å². The molecule has 0 saturated carbocycles. The van der Waals surface area contributed by atoms with Gasteiger partial charge in [-0.2, -0.15) is 0 Å². The molecule has 2 bridgehead atoms. The van der Waals surface area contributed by atoms with Gasteiger partial charge < -0.3 is 19.1 Å². The van der Waals surface area contributed by atoms with E-state index < -0.39 is 0 Å². The Morgan fingerprint density at radius 3 is 2.21 bits per heavy atom. The quantitative estimate of drug-likeness (QED) is 0.236. The molecule has 0 radical (unpaired) electrons. The van der Waals surface area contributed by atoms with Crippen molar-refractivity contribution in [2.75, 3.05) is 13.7 Å². The molecule has 2 aliphatic heterocycles. The standard InChI is InChI=1S/C31H33NO5S/c1-3-36-31(34)23-12-16-26(17-13-23)37-27-18-24-14-15-25(19-27)32(24)30(33)22-10-8-21(9-11-22)20-38-29-7-5-4-6-28(29)35-2/h4-13,16-17,24-25,27H,3,14-15,18-20H2,1-2H3. The number of ether oxygens (including phenoxy) is 3. The number of piperidine rings is 1. The summed E-state index contributed by atoms with van der Waals surface area (Å²) in [5.41, 5.74) is 2.42. The summed E-state index contributed by atoms with van der Waals surface area (Å²) >= 11 is 1.73. The molecule has 3 aromatic rings. The van der Waals surface area contributed by atoms with Crippen LogP contribution >= 0.6 is 11.8 Å². The Morgan fingerprint density at radius 2 is 1.55 bits per heavy atom. The molecule has 2 unspecified atom stereocenters. The van der Waals surface area contributed by atoms with E-state index in [2.05, 4.69) is 11.0 Å². The van der Waals surface area contributed by atoms with E-state index in [1.165, 1.54) is 5.56 Å². The van der Waals surface area contributed by atoms with E-state index >= 15 is 0 Å². The Bertz CT molecular complexity index is 1250. The molecule has 0 aliphatic carbocycles. The maximum Gasteiger partial charge on any atom is 0.338 e. The largest absolute Gasteiger partial charge is 0.496 e. The molecule has 0 N–H and O–H groups in total. The molecule has 2 aliphatic rings. The third kappa shape index (κ3) is 5.83. The molecular weight excluding hydrogens is 498 g/mol. The van der Waals surface area contributed by atoms with Crippen LogP contribution in [0, 0.1) is 0 Å². The van der Waals surface area contributed by atoms with Gasteiger partial charge in [0.2, 0.25) is 0 Å². The van der Waals surface area contributed by atoms with Crippen molar-refractivity contribution in [3.63, 3.8) is 0 Å². The van der Waals surface area contributed by atoms with Crippen molar-refractivity contribution in [3.05, 3.63) is 89.5 Å². The molecule has 0 spiro atoms. The van der Waals surface area contributed by atoms with Crippen LogP contribution < -0.4 is 9.47 Å². The molecule has 6 nitrogen and oxygen atoms in total. The zero-order valence-electron chi connectivity index (χ0n) is 21.8. The molecular formula is C31H33NO5S. The lowest BCUT2D eigenvalue weighted by Crippen LogP contribution is -2.49. The van der Waals surface area contributed by atoms with Crippen molar-refractivity contribution in [2.24, 2.45) is 0 Å². The van der Waals surface area contributed by atoms with Crippen LogP contribution in [0.3, 0.4) is 0 Å². The van der Waals surface area contributed by atoms with Gasteiger partial charge in [0, 0.05) is 41.1 Å². The number of carbonyl (C=O) groups excluding carboxylic acids is 2. The minimum Gasteiger partial charge on any atom is -0.496 e. The number of thioether (sulfide) groups is 1. The van der Waals surface area contributed by atoms with Crippen LogP contribution in [0.2, 0.25) is 0 Å². The molecule has 2 saturated heterocycles. The highest BCUT2D eigenvalue weighted by molar-refractivity contribution is 7.98. The van der Waals surface area contributed by atoms with Gasteiger partial charge in [-0.1, -0.05) is 24.3 Å². The Morgan fingerprint density at radius 1 is 0.895 bits per heavy atom. The van der Waals surface area contributed by atoms with Gasteiger partial charge >= 0.3 is 5.97 Å². The second-order valence-electron chi connectivity index (χ2n) is 9.69. The summed E-state index contributed by atoms with van der Waals surface area (Å²) in [4.78, 5) is 28.5. The highest BCUT2D eigenvalue weighted by Gasteiger charge is 2.44. The van der Waals surface area contributed by atoms with Gasteiger partial charge in [-0.05, 0) is 73.9 Å². The number of rotatable bonds is 9. The summed E-state index contributed by atoms with van der Waals surface area (Å²) in [6.07, 6.45) is 3.70. The van der Waals surface area contributed by atoms with Crippen molar-refractivity contribution in [2.45, 2.75) is 61.4 Å². The number of hydrogen-bond acceptors (Lipinski definition) is 6. The number of carbonyl (C=O) groups is 2. The molecule has 5 rings (SSSR count). The van der Waals surface area contributed by atoms with Crippen LogP contribution in [-0.4, -0.2) is 48.7 Å². The highest BCUT2D eigenvalue weighted by atomic mass is 32.2. The van der Waals surface area contributed by atoms with Crippen molar-refractivity contribution in [1.82, 2.24) is 4.90 Å². The minimum atomic E-state index is -0.327. The third-order valence-corrected chi connectivity index (χ3v) is 8.38. The highest BCUT2D eigenvalue weighted by Crippen LogP contribution is 2.38. The fourth-order valence-electron chi connectivity index (χ4n) is 5.42. The predicted octanol–water partition coefficient (Wildman–Crippen LogP) is 6.38. The lowest BCUT2D eigenvalue weighted by Gasteiger charge is -2.39. The summed E-state index contributed by atoms with van der Waals surface area (Å²) in [5, 5.41) is 0. The van der Waals surface area contributed by atoms with Crippen molar-refractivity contribution < 1.29 is 23.8 Å². The molecule has 1 amide bonds. The lowest BCUT2D eigenvalue weighted by atomic mass is 9.98. The number of fused-ring (bicyclic) bond motifs is 2. The van der Waals surface area contributed by atoms with Crippen LogP contribution in [0.1, 0.15) is 58.9 Å². The first-order valence-electron chi connectivity index (χ1n) is 13.2. The Balaban J connectivity index is 1.17. The van der Waals surface area contributed by atoms with Gasteiger partial charge in [0.1, 0.15) is 17.6 Å². The average molecular weight is 532 g/mol. The zero-order valence-corrected chi connectivity index (χ0v) is 22.6. The van der Waals surface area contributed by atoms with Crippen molar-refractivity contribution >= 4 is 23.6 Å². The molecule has 0 aromatic heterocycles. The first-order valence-corrected chi connectivity index (χ1v) is 14.2. The first kappa shape index (κ1) is 26.2. The van der Waals surface area contributed by atoms with E-state index in [0.29, 0.717) is 12.2 Å².